The van der Waals surface area contributed by atoms with Crippen LogP contribution in [-0.2, 0) is 32.6 Å². The summed E-state index contributed by atoms with van der Waals surface area (Å²) in [5, 5.41) is 2.88. The highest BCUT2D eigenvalue weighted by atomic mass is 32.2. The van der Waals surface area contributed by atoms with Crippen molar-refractivity contribution >= 4 is 27.5 Å². The van der Waals surface area contributed by atoms with Gasteiger partial charge in [0.1, 0.15) is 24.2 Å². The zero-order valence-electron chi connectivity index (χ0n) is 24.9. The minimum atomic E-state index is -4.24. The number of hydrogen-bond acceptors (Lipinski definition) is 5. The SMILES string of the molecule is COc1ccc(N(CC(=O)N(Cc2ccccc2F)C(Cc2ccccc2)C(=O)NC(C)C)S(=O)(=O)c2ccccc2)cc1. The van der Waals surface area contributed by atoms with E-state index in [2.05, 4.69) is 5.32 Å². The highest BCUT2D eigenvalue weighted by Crippen LogP contribution is 2.27. The van der Waals surface area contributed by atoms with Gasteiger partial charge in [-0.25, -0.2) is 12.8 Å². The highest BCUT2D eigenvalue weighted by Gasteiger charge is 2.35. The average Bonchev–Trinajstić information content (AvgIpc) is 3.03. The van der Waals surface area contributed by atoms with Crippen LogP contribution in [0.25, 0.3) is 0 Å². The monoisotopic (exact) mass is 617 g/mol. The lowest BCUT2D eigenvalue weighted by Crippen LogP contribution is -2.54. The molecule has 0 aromatic heterocycles. The van der Waals surface area contributed by atoms with E-state index in [0.717, 1.165) is 9.87 Å². The second kappa shape index (κ2) is 14.7. The Kier molecular flexibility index (Phi) is 10.7. The molecule has 1 atom stereocenters. The van der Waals surface area contributed by atoms with E-state index in [-0.39, 0.29) is 35.2 Å². The molecule has 2 amide bonds. The lowest BCUT2D eigenvalue weighted by Gasteiger charge is -2.34. The molecule has 0 saturated carbocycles. The third-order valence-electron chi connectivity index (χ3n) is 6.97. The fraction of sp³-hybridized carbons (Fsp3) is 0.235. The van der Waals surface area contributed by atoms with Crippen molar-refractivity contribution in [2.24, 2.45) is 0 Å². The predicted octanol–water partition coefficient (Wildman–Crippen LogP) is 5.19. The third kappa shape index (κ3) is 8.02. The van der Waals surface area contributed by atoms with Crippen LogP contribution >= 0.6 is 0 Å². The number of carbonyl (C=O) groups is 2. The molecule has 0 heterocycles. The van der Waals surface area contributed by atoms with Crippen LogP contribution < -0.4 is 14.4 Å². The molecule has 4 rings (SSSR count). The molecular weight excluding hydrogens is 581 g/mol. The van der Waals surface area contributed by atoms with Crippen molar-refractivity contribution in [1.82, 2.24) is 10.2 Å². The van der Waals surface area contributed by atoms with E-state index in [4.69, 9.17) is 4.74 Å². The minimum Gasteiger partial charge on any atom is -0.497 e. The van der Waals surface area contributed by atoms with Crippen molar-refractivity contribution in [1.29, 1.82) is 0 Å². The Hall–Kier alpha value is -4.70. The van der Waals surface area contributed by atoms with Crippen LogP contribution in [0.4, 0.5) is 10.1 Å². The van der Waals surface area contributed by atoms with Crippen molar-refractivity contribution in [2.75, 3.05) is 18.0 Å². The fourth-order valence-corrected chi connectivity index (χ4v) is 6.18. The number of sulfonamides is 1. The molecule has 10 heteroatoms. The zero-order valence-corrected chi connectivity index (χ0v) is 25.7. The maximum Gasteiger partial charge on any atom is 0.264 e. The molecule has 8 nitrogen and oxygen atoms in total. The van der Waals surface area contributed by atoms with Gasteiger partial charge in [-0.1, -0.05) is 66.7 Å². The Bertz CT molecular complexity index is 1650. The molecule has 4 aromatic rings. The molecule has 0 aliphatic rings. The van der Waals surface area contributed by atoms with Gasteiger partial charge in [-0.05, 0) is 61.9 Å². The maximum absolute atomic E-state index is 15.0. The van der Waals surface area contributed by atoms with Gasteiger partial charge >= 0.3 is 0 Å². The Balaban J connectivity index is 1.81. The molecule has 44 heavy (non-hydrogen) atoms. The van der Waals surface area contributed by atoms with E-state index in [1.807, 2.05) is 30.3 Å². The van der Waals surface area contributed by atoms with Gasteiger partial charge in [0.15, 0.2) is 0 Å². The first-order valence-corrected chi connectivity index (χ1v) is 15.6. The quantitative estimate of drug-likeness (QED) is 0.223. The van der Waals surface area contributed by atoms with Crippen LogP contribution in [0.3, 0.4) is 0 Å². The molecule has 0 fully saturated rings. The van der Waals surface area contributed by atoms with Gasteiger partial charge in [0.25, 0.3) is 10.0 Å². The van der Waals surface area contributed by atoms with Gasteiger partial charge in [0, 0.05) is 24.6 Å². The van der Waals surface area contributed by atoms with Crippen molar-refractivity contribution in [3.8, 4) is 5.75 Å². The topological polar surface area (TPSA) is 96.0 Å². The average molecular weight is 618 g/mol. The third-order valence-corrected chi connectivity index (χ3v) is 8.76. The second-order valence-corrected chi connectivity index (χ2v) is 12.4. The maximum atomic E-state index is 15.0. The lowest BCUT2D eigenvalue weighted by molar-refractivity contribution is -0.140. The molecule has 0 bridgehead atoms. The highest BCUT2D eigenvalue weighted by molar-refractivity contribution is 7.92. The molecule has 1 unspecified atom stereocenters. The summed E-state index contributed by atoms with van der Waals surface area (Å²) in [4.78, 5) is 29.3. The van der Waals surface area contributed by atoms with E-state index in [9.17, 15) is 22.4 Å². The molecule has 0 aliphatic heterocycles. The molecule has 1 N–H and O–H groups in total. The summed E-state index contributed by atoms with van der Waals surface area (Å²) in [5.41, 5.74) is 1.20. The molecule has 0 radical (unpaired) electrons. The Morgan fingerprint density at radius 3 is 2.02 bits per heavy atom. The summed E-state index contributed by atoms with van der Waals surface area (Å²) in [6.45, 7) is 2.71. The number of nitrogens with zero attached hydrogens (tertiary/aromatic N) is 2. The smallest absolute Gasteiger partial charge is 0.264 e. The first kappa shape index (κ1) is 32.2. The van der Waals surface area contributed by atoms with Gasteiger partial charge in [-0.15, -0.1) is 0 Å². The van der Waals surface area contributed by atoms with E-state index < -0.39 is 40.2 Å². The summed E-state index contributed by atoms with van der Waals surface area (Å²) in [6.07, 6.45) is 0.132. The molecular formula is C34H36FN3O5S. The van der Waals surface area contributed by atoms with Crippen LogP contribution in [0.1, 0.15) is 25.0 Å². The van der Waals surface area contributed by atoms with Crippen LogP contribution in [0, 0.1) is 5.82 Å². The number of carbonyl (C=O) groups excluding carboxylic acids is 2. The first-order chi connectivity index (χ1) is 21.1. The number of rotatable bonds is 13. The number of halogens is 1. The van der Waals surface area contributed by atoms with E-state index in [1.54, 1.807) is 62.4 Å². The molecule has 0 saturated heterocycles. The van der Waals surface area contributed by atoms with Gasteiger partial charge in [0.2, 0.25) is 11.8 Å². The lowest BCUT2D eigenvalue weighted by atomic mass is 10.0. The normalized spacial score (nSPS) is 11.9. The summed E-state index contributed by atoms with van der Waals surface area (Å²) < 4.78 is 49.2. The summed E-state index contributed by atoms with van der Waals surface area (Å²) in [6, 6.07) is 27.9. The number of methoxy groups -OCH3 is 1. The summed E-state index contributed by atoms with van der Waals surface area (Å²) in [7, 11) is -2.74. The van der Waals surface area contributed by atoms with Crippen molar-refractivity contribution in [3.63, 3.8) is 0 Å². The molecule has 4 aromatic carbocycles. The molecule has 0 aliphatic carbocycles. The van der Waals surface area contributed by atoms with Gasteiger partial charge < -0.3 is 15.0 Å². The number of nitrogens with one attached hydrogen (secondary N) is 1. The number of ether oxygens (including phenoxy) is 1. The van der Waals surface area contributed by atoms with Gasteiger partial charge in [-0.3, -0.25) is 13.9 Å². The van der Waals surface area contributed by atoms with Crippen molar-refractivity contribution in [2.45, 2.75) is 43.8 Å². The standard InChI is InChI=1S/C34H36FN3O5S/c1-25(2)36-34(40)32(22-26-12-6-4-7-13-26)37(23-27-14-10-11-17-31(27)35)33(39)24-38(28-18-20-29(43-3)21-19-28)44(41,42)30-15-8-5-9-16-30/h4-21,25,32H,22-24H2,1-3H3,(H,36,40). The van der Waals surface area contributed by atoms with Crippen LogP contribution in [0.2, 0.25) is 0 Å². The molecule has 230 valence electrons. The second-order valence-electron chi connectivity index (χ2n) is 10.5. The zero-order chi connectivity index (χ0) is 31.7. The summed E-state index contributed by atoms with van der Waals surface area (Å²) >= 11 is 0. The largest absolute Gasteiger partial charge is 0.497 e. The first-order valence-electron chi connectivity index (χ1n) is 14.2. The van der Waals surface area contributed by atoms with Crippen LogP contribution in [0.5, 0.6) is 5.75 Å². The number of benzene rings is 4. The van der Waals surface area contributed by atoms with E-state index in [0.29, 0.717) is 5.75 Å². The number of amides is 2. The minimum absolute atomic E-state index is 0.0114. The van der Waals surface area contributed by atoms with Crippen molar-refractivity contribution < 1.29 is 27.1 Å². The molecule has 0 spiro atoms. The summed E-state index contributed by atoms with van der Waals surface area (Å²) in [5.74, 6) is -1.15. The number of anilines is 1. The van der Waals surface area contributed by atoms with Gasteiger partial charge in [0.05, 0.1) is 17.7 Å². The van der Waals surface area contributed by atoms with Crippen LogP contribution in [0.15, 0.2) is 114 Å². The van der Waals surface area contributed by atoms with E-state index >= 15 is 0 Å². The fourth-order valence-electron chi connectivity index (χ4n) is 4.74. The predicted molar refractivity (Wildman–Crippen MR) is 168 cm³/mol. The van der Waals surface area contributed by atoms with Crippen LogP contribution in [-0.4, -0.2) is 50.9 Å². The Morgan fingerprint density at radius 1 is 0.841 bits per heavy atom. The van der Waals surface area contributed by atoms with Gasteiger partial charge in [-0.2, -0.15) is 0 Å². The van der Waals surface area contributed by atoms with Crippen molar-refractivity contribution in [3.05, 3.63) is 126 Å². The Morgan fingerprint density at radius 2 is 1.43 bits per heavy atom. The Labute approximate surface area is 258 Å². The van der Waals surface area contributed by atoms with E-state index in [1.165, 1.54) is 42.3 Å². The number of hydrogen-bond donors (Lipinski definition) is 1.